The summed E-state index contributed by atoms with van der Waals surface area (Å²) in [6, 6.07) is 20.6. The van der Waals surface area contributed by atoms with E-state index in [1.54, 1.807) is 53.4 Å². The largest absolute Gasteiger partial charge is 0.358 e. The summed E-state index contributed by atoms with van der Waals surface area (Å²) in [5.41, 5.74) is 3.39. The van der Waals surface area contributed by atoms with Crippen LogP contribution in [-0.2, 0) is 6.42 Å². The number of hydrogen-bond acceptors (Lipinski definition) is 5. The number of amides is 2. The summed E-state index contributed by atoms with van der Waals surface area (Å²) in [5.74, 6) is -1.48. The van der Waals surface area contributed by atoms with Crippen molar-refractivity contribution in [1.82, 2.24) is 9.80 Å². The van der Waals surface area contributed by atoms with Gasteiger partial charge in [-0.1, -0.05) is 72.3 Å². The fourth-order valence-electron chi connectivity index (χ4n) is 5.28. The predicted molar refractivity (Wildman–Crippen MR) is 129 cm³/mol. The zero-order valence-corrected chi connectivity index (χ0v) is 19.3. The minimum atomic E-state index is -0.534. The van der Waals surface area contributed by atoms with E-state index in [0.717, 1.165) is 11.1 Å². The van der Waals surface area contributed by atoms with Crippen LogP contribution in [0.3, 0.4) is 0 Å². The lowest BCUT2D eigenvalue weighted by atomic mass is 9.87. The normalized spacial score (nSPS) is 19.2. The van der Waals surface area contributed by atoms with Crippen molar-refractivity contribution in [2.24, 2.45) is 0 Å². The molecular formula is C28H19ClN2O4. The first-order valence-electron chi connectivity index (χ1n) is 11.3. The maximum Gasteiger partial charge on any atom is 0.261 e. The molecule has 35 heavy (non-hydrogen) atoms. The predicted octanol–water partition coefficient (Wildman–Crippen LogP) is 4.41. The van der Waals surface area contributed by atoms with Gasteiger partial charge in [0.25, 0.3) is 11.8 Å². The van der Waals surface area contributed by atoms with Crippen molar-refractivity contribution >= 4 is 35.0 Å². The molecular weight excluding hydrogens is 464 g/mol. The third kappa shape index (κ3) is 3.17. The van der Waals surface area contributed by atoms with Crippen LogP contribution in [-0.4, -0.2) is 46.3 Å². The molecule has 0 fully saturated rings. The number of carbonyl (C=O) groups is 4. The standard InChI is InChI=1S/C28H19ClN2O4/c29-23-24(26(33)19-10-4-3-9-18(19)25(23)32)30-14-13-16-7-1-2-8-17(16)22(30)15-31-27(34)20-11-5-6-12-21(20)28(31)35/h1-12,22H,13-15H2/t22-/m1/s1. The molecule has 3 aromatic carbocycles. The zero-order chi connectivity index (χ0) is 24.3. The summed E-state index contributed by atoms with van der Waals surface area (Å²) in [6.45, 7) is 0.442. The lowest BCUT2D eigenvalue weighted by Crippen LogP contribution is -2.46. The quantitative estimate of drug-likeness (QED) is 0.517. The number of imide groups is 1. The van der Waals surface area contributed by atoms with Crippen molar-refractivity contribution in [3.05, 3.63) is 117 Å². The molecule has 0 N–H and O–H groups in total. The molecule has 172 valence electrons. The van der Waals surface area contributed by atoms with E-state index in [-0.39, 0.29) is 40.4 Å². The topological polar surface area (TPSA) is 74.8 Å². The molecule has 0 unspecified atom stereocenters. The maximum absolute atomic E-state index is 13.6. The lowest BCUT2D eigenvalue weighted by Gasteiger charge is -2.42. The highest BCUT2D eigenvalue weighted by Crippen LogP contribution is 2.39. The molecule has 0 aromatic heterocycles. The van der Waals surface area contributed by atoms with Crippen molar-refractivity contribution < 1.29 is 19.2 Å². The van der Waals surface area contributed by atoms with Gasteiger partial charge in [0.05, 0.1) is 23.7 Å². The second-order valence-electron chi connectivity index (χ2n) is 8.79. The van der Waals surface area contributed by atoms with E-state index in [1.165, 1.54) is 4.90 Å². The first-order chi connectivity index (χ1) is 17.0. The summed E-state index contributed by atoms with van der Waals surface area (Å²) in [7, 11) is 0. The Morgan fingerprint density at radius 2 is 1.26 bits per heavy atom. The van der Waals surface area contributed by atoms with E-state index in [4.69, 9.17) is 11.6 Å². The van der Waals surface area contributed by atoms with Gasteiger partial charge in [-0.25, -0.2) is 0 Å². The van der Waals surface area contributed by atoms with E-state index in [9.17, 15) is 19.2 Å². The molecule has 7 heteroatoms. The highest BCUT2D eigenvalue weighted by atomic mass is 35.5. The lowest BCUT2D eigenvalue weighted by molar-refractivity contribution is 0.0595. The number of carbonyl (C=O) groups excluding carboxylic acids is 4. The SMILES string of the molecule is O=C1C(Cl)=C(N2CCc3ccccc3[C@H]2CN2C(=O)c3ccccc3C2=O)C(=O)c2ccccc21. The van der Waals surface area contributed by atoms with Crippen LogP contribution < -0.4 is 0 Å². The van der Waals surface area contributed by atoms with Gasteiger partial charge in [0.15, 0.2) is 0 Å². The van der Waals surface area contributed by atoms with Crippen molar-refractivity contribution in [3.63, 3.8) is 0 Å². The Balaban J connectivity index is 1.45. The van der Waals surface area contributed by atoms with Gasteiger partial charge in [0.1, 0.15) is 10.7 Å². The molecule has 6 rings (SSSR count). The molecule has 1 aliphatic carbocycles. The molecule has 0 saturated carbocycles. The van der Waals surface area contributed by atoms with Gasteiger partial charge in [-0.2, -0.15) is 0 Å². The number of rotatable bonds is 3. The molecule has 2 amide bonds. The van der Waals surface area contributed by atoms with Crippen LogP contribution in [0.1, 0.15) is 58.6 Å². The summed E-state index contributed by atoms with van der Waals surface area (Å²) in [5, 5.41) is -0.138. The number of Topliss-reactive ketones (excluding diaryl/α,β-unsaturated/α-hetero) is 2. The average molecular weight is 483 g/mol. The Morgan fingerprint density at radius 3 is 1.91 bits per heavy atom. The average Bonchev–Trinajstić information content (AvgIpc) is 3.13. The molecule has 0 bridgehead atoms. The molecule has 0 saturated heterocycles. The van der Waals surface area contributed by atoms with Gasteiger partial charge in [-0.15, -0.1) is 0 Å². The zero-order valence-electron chi connectivity index (χ0n) is 18.5. The number of benzene rings is 3. The number of halogens is 1. The van der Waals surface area contributed by atoms with Crippen LogP contribution in [0.25, 0.3) is 0 Å². The minimum absolute atomic E-state index is 0.0279. The van der Waals surface area contributed by atoms with Crippen LogP contribution in [0.2, 0.25) is 0 Å². The van der Waals surface area contributed by atoms with Gasteiger partial charge in [0.2, 0.25) is 11.6 Å². The third-order valence-corrected chi connectivity index (χ3v) is 7.32. The van der Waals surface area contributed by atoms with E-state index < -0.39 is 11.8 Å². The van der Waals surface area contributed by atoms with E-state index in [2.05, 4.69) is 0 Å². The molecule has 3 aromatic rings. The Hall–Kier alpha value is -4.03. The number of hydrogen-bond donors (Lipinski definition) is 0. The van der Waals surface area contributed by atoms with Crippen molar-refractivity contribution in [2.75, 3.05) is 13.1 Å². The maximum atomic E-state index is 13.6. The summed E-state index contributed by atoms with van der Waals surface area (Å²) < 4.78 is 0. The fourth-order valence-corrected chi connectivity index (χ4v) is 5.58. The summed E-state index contributed by atoms with van der Waals surface area (Å²) >= 11 is 6.55. The minimum Gasteiger partial charge on any atom is -0.358 e. The van der Waals surface area contributed by atoms with Gasteiger partial charge < -0.3 is 4.90 Å². The smallest absolute Gasteiger partial charge is 0.261 e. The number of nitrogens with zero attached hydrogens (tertiary/aromatic N) is 2. The second kappa shape index (κ2) is 8.03. The molecule has 0 spiro atoms. The van der Waals surface area contributed by atoms with Crippen LogP contribution in [0.4, 0.5) is 0 Å². The molecule has 1 atom stereocenters. The van der Waals surface area contributed by atoms with Crippen molar-refractivity contribution in [3.8, 4) is 0 Å². The molecule has 0 radical (unpaired) electrons. The van der Waals surface area contributed by atoms with Crippen LogP contribution in [0, 0.1) is 0 Å². The molecule has 2 aliphatic heterocycles. The van der Waals surface area contributed by atoms with E-state index in [0.29, 0.717) is 29.7 Å². The Labute approximate surface area is 206 Å². The van der Waals surface area contributed by atoms with Crippen LogP contribution in [0.15, 0.2) is 83.5 Å². The van der Waals surface area contributed by atoms with Crippen molar-refractivity contribution in [1.29, 1.82) is 0 Å². The Bertz CT molecular complexity index is 1460. The van der Waals surface area contributed by atoms with Gasteiger partial charge in [0, 0.05) is 17.7 Å². The fraction of sp³-hybridized carbons (Fsp3) is 0.143. The first-order valence-corrected chi connectivity index (χ1v) is 11.7. The van der Waals surface area contributed by atoms with Gasteiger partial charge in [-0.3, -0.25) is 24.1 Å². The van der Waals surface area contributed by atoms with Crippen LogP contribution >= 0.6 is 11.6 Å². The number of allylic oxidation sites excluding steroid dienone is 2. The molecule has 2 heterocycles. The summed E-state index contributed by atoms with van der Waals surface area (Å²) in [6.07, 6.45) is 0.631. The molecule has 3 aliphatic rings. The van der Waals surface area contributed by atoms with Crippen molar-refractivity contribution in [2.45, 2.75) is 12.5 Å². The first kappa shape index (κ1) is 21.5. The monoisotopic (exact) mass is 482 g/mol. The van der Waals surface area contributed by atoms with E-state index >= 15 is 0 Å². The highest BCUT2D eigenvalue weighted by molar-refractivity contribution is 6.49. The van der Waals surface area contributed by atoms with Gasteiger partial charge in [-0.05, 0) is 29.7 Å². The Kier molecular flexibility index (Phi) is 4.93. The molecule has 6 nitrogen and oxygen atoms in total. The number of fused-ring (bicyclic) bond motifs is 3. The second-order valence-corrected chi connectivity index (χ2v) is 9.17. The van der Waals surface area contributed by atoms with Crippen LogP contribution in [0.5, 0.6) is 0 Å². The van der Waals surface area contributed by atoms with E-state index in [1.807, 2.05) is 24.3 Å². The highest BCUT2D eigenvalue weighted by Gasteiger charge is 2.43. The Morgan fingerprint density at radius 1 is 0.714 bits per heavy atom. The number of ketones is 2. The van der Waals surface area contributed by atoms with Gasteiger partial charge >= 0.3 is 0 Å². The summed E-state index contributed by atoms with van der Waals surface area (Å²) in [4.78, 5) is 56.0. The third-order valence-electron chi connectivity index (χ3n) is 6.97.